The van der Waals surface area contributed by atoms with Crippen molar-refractivity contribution in [1.82, 2.24) is 0 Å². The van der Waals surface area contributed by atoms with Crippen LogP contribution in [0.15, 0.2) is 0 Å². The second kappa shape index (κ2) is 31.4. The fraction of sp³-hybridized carbons (Fsp3) is 0.944. The molecule has 0 saturated heterocycles. The summed E-state index contributed by atoms with van der Waals surface area (Å²) in [7, 11) is -16.6. The number of ether oxygens (including phenoxy) is 2. The first kappa shape index (κ1) is 56.5. The van der Waals surface area contributed by atoms with Crippen LogP contribution < -0.4 is 0 Å². The number of unbranched alkanes of at least 4 members (excludes halogenated alkanes) is 19. The molecule has 0 aromatic heterocycles. The molecule has 0 heterocycles. The Kier molecular flexibility index (Phi) is 30.0. The van der Waals surface area contributed by atoms with Crippen LogP contribution in [0.2, 0.25) is 0 Å². The highest BCUT2D eigenvalue weighted by Gasteiger charge is 2.56. The van der Waals surface area contributed by atoms with Gasteiger partial charge in [0.25, 0.3) is 0 Å². The van der Waals surface area contributed by atoms with E-state index >= 15 is 0 Å². The molecule has 1 fully saturated rings. The summed E-state index contributed by atoms with van der Waals surface area (Å²) in [5, 5.41) is 31.7. The number of phosphoric ester groups is 3. The van der Waals surface area contributed by atoms with Crippen LogP contribution in [-0.4, -0.2) is 113 Å². The lowest BCUT2D eigenvalue weighted by molar-refractivity contribution is -0.213. The predicted molar refractivity (Wildman–Crippen MR) is 219 cm³/mol. The van der Waals surface area contributed by atoms with Gasteiger partial charge in [-0.25, -0.2) is 13.7 Å². The van der Waals surface area contributed by atoms with Gasteiger partial charge in [-0.2, -0.15) is 12.6 Å². The van der Waals surface area contributed by atoms with E-state index in [0.29, 0.717) is 12.8 Å². The number of carbonyl (C=O) groups excluding carboxylic acids is 2. The van der Waals surface area contributed by atoms with Gasteiger partial charge in [0.15, 0.2) is 6.10 Å². The zero-order chi connectivity index (χ0) is 44.3. The average molecular weight is 933 g/mol. The lowest BCUT2D eigenvalue weighted by Crippen LogP contribution is -2.65. The molecule has 8 atom stereocenters. The van der Waals surface area contributed by atoms with Crippen LogP contribution in [0.5, 0.6) is 0 Å². The number of esters is 2. The zero-order valence-corrected chi connectivity index (χ0v) is 37.9. The smallest absolute Gasteiger partial charge is 0.462 e. The number of aliphatic hydroxyl groups is 3. The van der Waals surface area contributed by atoms with Crippen LogP contribution in [0, 0.1) is 0 Å². The fourth-order valence-electron chi connectivity index (χ4n) is 6.57. The van der Waals surface area contributed by atoms with E-state index in [4.69, 9.17) is 18.5 Å². The van der Waals surface area contributed by atoms with E-state index in [1.54, 1.807) is 0 Å². The third-order valence-electron chi connectivity index (χ3n) is 9.72. The predicted octanol–water partition coefficient (Wildman–Crippen LogP) is 5.92. The summed E-state index contributed by atoms with van der Waals surface area (Å²) < 4.78 is 65.2. The van der Waals surface area contributed by atoms with Gasteiger partial charge >= 0.3 is 35.4 Å². The molecule has 0 radical (unpaired) electrons. The molecule has 0 bridgehead atoms. The molecule has 1 rings (SSSR count). The van der Waals surface area contributed by atoms with E-state index in [0.717, 1.165) is 82.8 Å². The van der Waals surface area contributed by atoms with Crippen LogP contribution >= 0.6 is 36.1 Å². The van der Waals surface area contributed by atoms with Crippen molar-refractivity contribution in [3.63, 3.8) is 0 Å². The minimum absolute atomic E-state index is 0.00512. The van der Waals surface area contributed by atoms with Gasteiger partial charge in [-0.3, -0.25) is 27.7 Å². The molecule has 1 aliphatic carbocycles. The maximum absolute atomic E-state index is 13.1. The topological polar surface area (TPSA) is 303 Å². The molecule has 0 aliphatic heterocycles. The van der Waals surface area contributed by atoms with Gasteiger partial charge in [0.2, 0.25) is 0 Å². The maximum Gasteiger partial charge on any atom is 0.472 e. The van der Waals surface area contributed by atoms with Gasteiger partial charge in [0, 0.05) is 12.8 Å². The minimum atomic E-state index is -5.54. The highest BCUT2D eigenvalue weighted by atomic mass is 32.1. The molecule has 0 spiro atoms. The van der Waals surface area contributed by atoms with Crippen LogP contribution in [0.3, 0.4) is 0 Å². The first-order valence-electron chi connectivity index (χ1n) is 20.9. The highest BCUT2D eigenvalue weighted by Crippen LogP contribution is 2.51. The molecule has 1 saturated carbocycles. The third kappa shape index (κ3) is 28.0. The van der Waals surface area contributed by atoms with Gasteiger partial charge in [0.05, 0.1) is 6.61 Å². The van der Waals surface area contributed by atoms with E-state index in [2.05, 4.69) is 28.6 Å². The van der Waals surface area contributed by atoms with E-state index < -0.39 is 91.3 Å². The van der Waals surface area contributed by atoms with Crippen LogP contribution in [-0.2, 0) is 50.9 Å². The fourth-order valence-corrected chi connectivity index (χ4v) is 8.90. The standard InChI is InChI=1S/C36H71O19P3S/c1-2-3-4-5-6-7-8-9-10-11-15-18-21-24-30(38)52-28(26-50-29(37)23-20-17-14-12-13-16-19-22-25-59)27-51-58(48,49)55-36-32(40)34(53-56(42,43)44)31(39)35(33(36)41)54-57(45,46)47/h28,31-36,39-41,59H,2-27H2,1H3,(H,48,49)(H2,42,43,44)(H2,45,46,47)/t28-,31?,32+,33?,34+,35-,36?/m1/s1. The zero-order valence-electron chi connectivity index (χ0n) is 34.3. The number of aliphatic hydroxyl groups excluding tert-OH is 3. The minimum Gasteiger partial charge on any atom is -0.462 e. The Hall–Kier alpha value is -0.500. The van der Waals surface area contributed by atoms with Crippen molar-refractivity contribution in [1.29, 1.82) is 0 Å². The van der Waals surface area contributed by atoms with Crippen molar-refractivity contribution in [2.24, 2.45) is 0 Å². The van der Waals surface area contributed by atoms with Gasteiger partial charge in [0.1, 0.15) is 43.2 Å². The van der Waals surface area contributed by atoms with Gasteiger partial charge in [-0.15, -0.1) is 0 Å². The molecule has 59 heavy (non-hydrogen) atoms. The van der Waals surface area contributed by atoms with Crippen molar-refractivity contribution in [3.05, 3.63) is 0 Å². The van der Waals surface area contributed by atoms with Gasteiger partial charge in [-0.05, 0) is 25.0 Å². The number of phosphoric acid groups is 3. The van der Waals surface area contributed by atoms with E-state index in [-0.39, 0.29) is 12.8 Å². The molecule has 4 unspecified atom stereocenters. The Morgan fingerprint density at radius 1 is 0.525 bits per heavy atom. The van der Waals surface area contributed by atoms with Crippen LogP contribution in [0.1, 0.15) is 155 Å². The van der Waals surface area contributed by atoms with Crippen molar-refractivity contribution < 1.29 is 90.6 Å². The second-order valence-electron chi connectivity index (χ2n) is 15.0. The second-order valence-corrected chi connectivity index (χ2v) is 19.3. The first-order chi connectivity index (χ1) is 27.8. The number of carbonyl (C=O) groups is 2. The van der Waals surface area contributed by atoms with Crippen LogP contribution in [0.4, 0.5) is 0 Å². The maximum atomic E-state index is 13.1. The van der Waals surface area contributed by atoms with Crippen LogP contribution in [0.25, 0.3) is 0 Å². The molecule has 0 aromatic rings. The van der Waals surface area contributed by atoms with E-state index in [1.165, 1.54) is 44.9 Å². The molecule has 23 heteroatoms. The number of thiol groups is 1. The summed E-state index contributed by atoms with van der Waals surface area (Å²) in [5.74, 6) is -0.455. The lowest BCUT2D eigenvalue weighted by Gasteiger charge is -2.44. The highest BCUT2D eigenvalue weighted by molar-refractivity contribution is 7.80. The van der Waals surface area contributed by atoms with E-state index in [1.807, 2.05) is 0 Å². The quantitative estimate of drug-likeness (QED) is 0.0152. The van der Waals surface area contributed by atoms with Crippen molar-refractivity contribution in [2.75, 3.05) is 19.0 Å². The molecular formula is C36H71O19P3S. The molecule has 350 valence electrons. The first-order valence-corrected chi connectivity index (χ1v) is 26.1. The van der Waals surface area contributed by atoms with E-state index in [9.17, 15) is 63.1 Å². The van der Waals surface area contributed by atoms with Crippen molar-refractivity contribution in [2.45, 2.75) is 197 Å². The van der Waals surface area contributed by atoms with Crippen molar-refractivity contribution in [3.8, 4) is 0 Å². The SMILES string of the molecule is CCCCCCCCCCCCCCCC(=O)O[C@H](COC(=O)CCCCCCCCCCS)COP(=O)(O)OC1C(O)[C@H](OP(=O)(O)O)C(O)[C@H](OP(=O)(O)O)[C@@H]1O. The molecule has 0 aromatic carbocycles. The lowest BCUT2D eigenvalue weighted by atomic mass is 9.85. The molecule has 0 amide bonds. The normalized spacial score (nSPS) is 22.8. The molecule has 8 N–H and O–H groups in total. The summed E-state index contributed by atoms with van der Waals surface area (Å²) >= 11 is 4.20. The Morgan fingerprint density at radius 3 is 1.27 bits per heavy atom. The number of hydrogen-bond acceptors (Lipinski definition) is 15. The number of hydrogen-bond donors (Lipinski definition) is 9. The third-order valence-corrected chi connectivity index (χ3v) is 12.1. The summed E-state index contributed by atoms with van der Waals surface area (Å²) in [6, 6.07) is 0. The summed E-state index contributed by atoms with van der Waals surface area (Å²) in [4.78, 5) is 72.8. The Morgan fingerprint density at radius 2 is 0.881 bits per heavy atom. The Labute approximate surface area is 354 Å². The summed E-state index contributed by atoms with van der Waals surface area (Å²) in [5.41, 5.74) is 0. The van der Waals surface area contributed by atoms with Crippen molar-refractivity contribution >= 4 is 48.0 Å². The van der Waals surface area contributed by atoms with Gasteiger partial charge in [-0.1, -0.05) is 122 Å². The molecule has 1 aliphatic rings. The summed E-state index contributed by atoms with van der Waals surface area (Å²) in [6.45, 7) is 0.695. The van der Waals surface area contributed by atoms with Gasteiger partial charge < -0.3 is 49.3 Å². The molecular weight excluding hydrogens is 861 g/mol. The largest absolute Gasteiger partial charge is 0.472 e. The monoisotopic (exact) mass is 932 g/mol. The Bertz CT molecular complexity index is 1250. The number of rotatable bonds is 36. The molecule has 19 nitrogen and oxygen atoms in total. The average Bonchev–Trinajstić information content (AvgIpc) is 3.15. The summed E-state index contributed by atoms with van der Waals surface area (Å²) in [6.07, 6.45) is 5.71. The Balaban J connectivity index is 2.82.